The van der Waals surface area contributed by atoms with Crippen molar-refractivity contribution in [1.29, 1.82) is 0 Å². The van der Waals surface area contributed by atoms with E-state index in [4.69, 9.17) is 0 Å². The summed E-state index contributed by atoms with van der Waals surface area (Å²) in [6, 6.07) is 7.45. The minimum atomic E-state index is -3.84. The highest BCUT2D eigenvalue weighted by atomic mass is 32.2. The topological polar surface area (TPSA) is 144 Å². The number of amides is 1. The molecule has 34 heavy (non-hydrogen) atoms. The van der Waals surface area contributed by atoms with E-state index in [1.54, 1.807) is 10.6 Å². The van der Waals surface area contributed by atoms with Gasteiger partial charge in [-0.2, -0.15) is 4.98 Å². The van der Waals surface area contributed by atoms with Gasteiger partial charge in [-0.25, -0.2) is 32.6 Å². The van der Waals surface area contributed by atoms with Crippen LogP contribution >= 0.6 is 11.8 Å². The minimum absolute atomic E-state index is 0.0197. The Morgan fingerprint density at radius 1 is 1.09 bits per heavy atom. The van der Waals surface area contributed by atoms with Crippen molar-refractivity contribution in [3.05, 3.63) is 59.7 Å². The van der Waals surface area contributed by atoms with Crippen LogP contribution in [0.3, 0.4) is 0 Å². The Hall–Kier alpha value is -3.58. The lowest BCUT2D eigenvalue weighted by Crippen LogP contribution is -2.16. The number of benzene rings is 1. The molecule has 0 aliphatic carbocycles. The lowest BCUT2D eigenvalue weighted by Gasteiger charge is -2.11. The van der Waals surface area contributed by atoms with Gasteiger partial charge < -0.3 is 5.32 Å². The summed E-state index contributed by atoms with van der Waals surface area (Å²) in [4.78, 5) is 29.1. The number of thioether (sulfide) groups is 1. The van der Waals surface area contributed by atoms with Crippen molar-refractivity contribution in [3.8, 4) is 0 Å². The molecule has 0 fully saturated rings. The Labute approximate surface area is 200 Å². The molecular formula is C21H22N8O3S2. The number of aromatic nitrogens is 6. The van der Waals surface area contributed by atoms with Crippen molar-refractivity contribution in [3.63, 3.8) is 0 Å². The Balaban J connectivity index is 1.40. The van der Waals surface area contributed by atoms with Crippen LogP contribution in [0, 0.1) is 13.8 Å². The fourth-order valence-corrected chi connectivity index (χ4v) is 4.64. The molecule has 1 amide bonds. The summed E-state index contributed by atoms with van der Waals surface area (Å²) in [5.41, 5.74) is 3.13. The molecule has 13 heteroatoms. The molecule has 2 N–H and O–H groups in total. The third-order valence-corrected chi connectivity index (χ3v) is 6.94. The average Bonchev–Trinajstić information content (AvgIpc) is 3.23. The first-order chi connectivity index (χ1) is 16.3. The monoisotopic (exact) mass is 498 g/mol. The van der Waals surface area contributed by atoms with Crippen molar-refractivity contribution < 1.29 is 13.2 Å². The predicted molar refractivity (Wildman–Crippen MR) is 128 cm³/mol. The minimum Gasteiger partial charge on any atom is -0.326 e. The van der Waals surface area contributed by atoms with Crippen LogP contribution in [-0.2, 0) is 21.2 Å². The summed E-state index contributed by atoms with van der Waals surface area (Å²) in [6.45, 7) is 3.82. The molecule has 3 aromatic heterocycles. The van der Waals surface area contributed by atoms with Gasteiger partial charge in [-0.1, -0.05) is 11.8 Å². The molecular weight excluding hydrogens is 476 g/mol. The zero-order chi connectivity index (χ0) is 24.3. The van der Waals surface area contributed by atoms with E-state index in [9.17, 15) is 13.2 Å². The maximum Gasteiger partial charge on any atom is 0.264 e. The van der Waals surface area contributed by atoms with Gasteiger partial charge in [0.15, 0.2) is 0 Å². The van der Waals surface area contributed by atoms with E-state index in [0.717, 1.165) is 17.0 Å². The largest absolute Gasteiger partial charge is 0.326 e. The molecule has 1 aromatic carbocycles. The number of sulfonamides is 1. The van der Waals surface area contributed by atoms with Crippen LogP contribution < -0.4 is 10.0 Å². The van der Waals surface area contributed by atoms with Gasteiger partial charge in [0.05, 0.1) is 4.90 Å². The van der Waals surface area contributed by atoms with Crippen molar-refractivity contribution in [2.45, 2.75) is 36.7 Å². The molecule has 3 heterocycles. The van der Waals surface area contributed by atoms with Crippen LogP contribution in [0.4, 0.5) is 11.6 Å². The average molecular weight is 499 g/mol. The van der Waals surface area contributed by atoms with E-state index in [1.165, 1.54) is 48.4 Å². The van der Waals surface area contributed by atoms with Crippen LogP contribution in [0.2, 0.25) is 0 Å². The normalized spacial score (nSPS) is 11.5. The Kier molecular flexibility index (Phi) is 6.75. The van der Waals surface area contributed by atoms with E-state index >= 15 is 0 Å². The van der Waals surface area contributed by atoms with Gasteiger partial charge in [-0.15, -0.1) is 5.10 Å². The van der Waals surface area contributed by atoms with Crippen LogP contribution in [0.1, 0.15) is 23.4 Å². The van der Waals surface area contributed by atoms with Crippen LogP contribution in [0.25, 0.3) is 5.78 Å². The number of aryl methyl sites for hydroxylation is 2. The first kappa shape index (κ1) is 23.6. The zero-order valence-electron chi connectivity index (χ0n) is 18.7. The Morgan fingerprint density at radius 2 is 1.79 bits per heavy atom. The smallest absolute Gasteiger partial charge is 0.264 e. The first-order valence-corrected chi connectivity index (χ1v) is 12.9. The SMILES string of the molecule is CSc1nc2nc(C)c(CCC(=O)Nc3ccc(S(=O)(=O)Nc4ncccn4)cc3)c(C)n2n1. The molecule has 0 spiro atoms. The molecule has 4 rings (SSSR count). The van der Waals surface area contributed by atoms with E-state index < -0.39 is 10.0 Å². The fraction of sp³-hybridized carbons (Fsp3) is 0.238. The molecule has 0 saturated carbocycles. The van der Waals surface area contributed by atoms with E-state index in [0.29, 0.717) is 23.0 Å². The third kappa shape index (κ3) is 5.15. The number of hydrogen-bond acceptors (Lipinski definition) is 9. The van der Waals surface area contributed by atoms with Gasteiger partial charge in [-0.3, -0.25) is 4.79 Å². The van der Waals surface area contributed by atoms with Crippen LogP contribution in [-0.4, -0.2) is 50.1 Å². The summed E-state index contributed by atoms with van der Waals surface area (Å²) in [5, 5.41) is 7.86. The van der Waals surface area contributed by atoms with Crippen molar-refractivity contribution in [2.75, 3.05) is 16.3 Å². The second-order valence-electron chi connectivity index (χ2n) is 7.32. The molecule has 0 aliphatic heterocycles. The summed E-state index contributed by atoms with van der Waals surface area (Å²) in [7, 11) is -3.84. The summed E-state index contributed by atoms with van der Waals surface area (Å²) in [5.74, 6) is 0.318. The Morgan fingerprint density at radius 3 is 2.47 bits per heavy atom. The van der Waals surface area contributed by atoms with Crippen molar-refractivity contribution in [1.82, 2.24) is 29.5 Å². The number of anilines is 2. The molecule has 0 atom stereocenters. The highest BCUT2D eigenvalue weighted by molar-refractivity contribution is 7.98. The summed E-state index contributed by atoms with van der Waals surface area (Å²) >= 11 is 1.44. The quantitative estimate of drug-likeness (QED) is 0.350. The molecule has 0 bridgehead atoms. The van der Waals surface area contributed by atoms with Gasteiger partial charge in [0.1, 0.15) is 0 Å². The second kappa shape index (κ2) is 9.73. The molecule has 0 saturated heterocycles. The predicted octanol–water partition coefficient (Wildman–Crippen LogP) is 2.63. The zero-order valence-corrected chi connectivity index (χ0v) is 20.3. The number of carbonyl (C=O) groups is 1. The second-order valence-corrected chi connectivity index (χ2v) is 9.78. The third-order valence-electron chi connectivity index (χ3n) is 5.05. The van der Waals surface area contributed by atoms with Crippen LogP contribution in [0.15, 0.2) is 52.8 Å². The highest BCUT2D eigenvalue weighted by Gasteiger charge is 2.17. The number of nitrogens with zero attached hydrogens (tertiary/aromatic N) is 6. The van der Waals surface area contributed by atoms with Gasteiger partial charge in [-0.05, 0) is 62.4 Å². The Bertz CT molecular complexity index is 1440. The van der Waals surface area contributed by atoms with E-state index in [2.05, 4.69) is 35.1 Å². The highest BCUT2D eigenvalue weighted by Crippen LogP contribution is 2.19. The molecule has 4 aromatic rings. The number of fused-ring (bicyclic) bond motifs is 1. The molecule has 11 nitrogen and oxygen atoms in total. The van der Waals surface area contributed by atoms with E-state index in [1.807, 2.05) is 20.1 Å². The van der Waals surface area contributed by atoms with Gasteiger partial charge in [0, 0.05) is 35.9 Å². The fourth-order valence-electron chi connectivity index (χ4n) is 3.35. The molecule has 0 aliphatic rings. The number of rotatable bonds is 8. The standard InChI is InChI=1S/C21H22N8O3S2/c1-13-17(14(2)29-20(24-13)26-21(27-29)33-3)9-10-18(30)25-15-5-7-16(8-6-15)34(31,32)28-19-22-11-4-12-23-19/h4-8,11-12H,9-10H2,1-3H3,(H,25,30)(H,22,23,28). The van der Waals surface area contributed by atoms with E-state index in [-0.39, 0.29) is 23.2 Å². The molecule has 0 radical (unpaired) electrons. The summed E-state index contributed by atoms with van der Waals surface area (Å²) in [6.07, 6.45) is 5.49. The van der Waals surface area contributed by atoms with Gasteiger partial charge in [0.2, 0.25) is 17.0 Å². The first-order valence-electron chi connectivity index (χ1n) is 10.2. The van der Waals surface area contributed by atoms with Crippen molar-refractivity contribution >= 4 is 45.1 Å². The summed E-state index contributed by atoms with van der Waals surface area (Å²) < 4.78 is 28.9. The lowest BCUT2D eigenvalue weighted by molar-refractivity contribution is -0.116. The lowest BCUT2D eigenvalue weighted by atomic mass is 10.1. The number of nitrogens with one attached hydrogen (secondary N) is 2. The maximum atomic E-state index is 12.5. The number of carbonyl (C=O) groups excluding carboxylic acids is 1. The van der Waals surface area contributed by atoms with Crippen molar-refractivity contribution in [2.24, 2.45) is 0 Å². The molecule has 0 unspecified atom stereocenters. The van der Waals surface area contributed by atoms with Gasteiger partial charge >= 0.3 is 0 Å². The van der Waals surface area contributed by atoms with Crippen LogP contribution in [0.5, 0.6) is 0 Å². The van der Waals surface area contributed by atoms with Gasteiger partial charge in [0.25, 0.3) is 15.8 Å². The maximum absolute atomic E-state index is 12.5. The molecule has 176 valence electrons. The number of hydrogen-bond donors (Lipinski definition) is 2.